The fourth-order valence-electron chi connectivity index (χ4n) is 6.15. The van der Waals surface area contributed by atoms with E-state index in [9.17, 15) is 39.4 Å². The van der Waals surface area contributed by atoms with Crippen LogP contribution in [0.2, 0.25) is 0 Å². The molecule has 3 atom stereocenters. The zero-order valence-corrected chi connectivity index (χ0v) is 32.1. The van der Waals surface area contributed by atoms with E-state index in [-0.39, 0.29) is 72.6 Å². The van der Waals surface area contributed by atoms with E-state index in [2.05, 4.69) is 10.6 Å². The van der Waals surface area contributed by atoms with Gasteiger partial charge >= 0.3 is 12.1 Å². The van der Waals surface area contributed by atoms with Crippen molar-refractivity contribution in [2.24, 2.45) is 11.8 Å². The van der Waals surface area contributed by atoms with Gasteiger partial charge in [-0.15, -0.1) is 0 Å². The molecule has 0 aromatic heterocycles. The Balaban J connectivity index is 1.70. The van der Waals surface area contributed by atoms with Crippen molar-refractivity contribution in [3.8, 4) is 23.0 Å². The third kappa shape index (κ3) is 10.8. The number of nitrogens with zero attached hydrogens (tertiary/aromatic N) is 3. The van der Waals surface area contributed by atoms with Gasteiger partial charge in [0.05, 0.1) is 47.3 Å². The van der Waals surface area contributed by atoms with Gasteiger partial charge in [-0.3, -0.25) is 34.7 Å². The topological polar surface area (TPSA) is 237 Å². The second-order valence-electron chi connectivity index (χ2n) is 13.8. The zero-order chi connectivity index (χ0) is 41.1. The first-order valence-electron chi connectivity index (χ1n) is 18.0. The molecule has 0 unspecified atom stereocenters. The number of nitrogens with one attached hydrogen (secondary N) is 2. The summed E-state index contributed by atoms with van der Waals surface area (Å²) in [6, 6.07) is 1.57. The van der Waals surface area contributed by atoms with Crippen LogP contribution < -0.4 is 29.6 Å². The van der Waals surface area contributed by atoms with Crippen molar-refractivity contribution in [3.05, 3.63) is 67.8 Å². The summed E-state index contributed by atoms with van der Waals surface area (Å²) in [6.07, 6.45) is 3.08. The molecule has 56 heavy (non-hydrogen) atoms. The summed E-state index contributed by atoms with van der Waals surface area (Å²) in [5.74, 6) is -2.47. The number of ether oxygens (including phenoxy) is 6. The van der Waals surface area contributed by atoms with Crippen molar-refractivity contribution in [2.45, 2.75) is 78.3 Å². The van der Waals surface area contributed by atoms with Crippen LogP contribution in [0.15, 0.2) is 36.4 Å². The molecule has 4 heterocycles. The highest BCUT2D eigenvalue weighted by molar-refractivity contribution is 5.93. The SMILES string of the molecule is COc1cc2c([N+](=O)[O-])cc1OC/C=C\COc1cc([N+](=O)[O-])c(cc1OC)COC(=O)N1CCC[C@H]1C(=O)N[C@@H](CC(C)C)C(=O)N[C@@H](C(C)C)C(=O)OC2. The van der Waals surface area contributed by atoms with Crippen LogP contribution in [0.5, 0.6) is 23.0 Å². The highest BCUT2D eigenvalue weighted by Crippen LogP contribution is 2.37. The Morgan fingerprint density at radius 1 is 0.786 bits per heavy atom. The van der Waals surface area contributed by atoms with Gasteiger partial charge in [-0.05, 0) is 55.4 Å². The van der Waals surface area contributed by atoms with Gasteiger partial charge in [-0.25, -0.2) is 9.59 Å². The van der Waals surface area contributed by atoms with Crippen LogP contribution in [0.4, 0.5) is 16.2 Å². The molecule has 3 amide bonds. The maximum Gasteiger partial charge on any atom is 0.410 e. The largest absolute Gasteiger partial charge is 0.493 e. The van der Waals surface area contributed by atoms with E-state index in [0.29, 0.717) is 6.42 Å². The van der Waals surface area contributed by atoms with Crippen LogP contribution in [0, 0.1) is 32.1 Å². The number of amides is 3. The molecule has 2 aromatic carbocycles. The van der Waals surface area contributed by atoms with E-state index < -0.39 is 82.4 Å². The minimum atomic E-state index is -1.20. The van der Waals surface area contributed by atoms with Crippen molar-refractivity contribution < 1.29 is 57.4 Å². The predicted molar refractivity (Wildman–Crippen MR) is 197 cm³/mol. The minimum absolute atomic E-state index is 0.00265. The Morgan fingerprint density at radius 2 is 1.32 bits per heavy atom. The molecular weight excluding hydrogens is 738 g/mol. The standard InChI is InChI=1S/C37H47N5O14/c1-21(2)14-25-34(43)39-33(22(3)4)36(45)55-19-23-15-29(51-5)31(17-27(23)41(47)48)53-12-7-8-13-54-32-18-28(42(49)50)24(16-30(32)52-6)20-56-37(46)40-11-9-10-26(40)35(44)38-25/h7-8,15-18,21-22,25-26,33H,9-14,19-20H2,1-6H3,(H,38,44)(H,39,43)/b8-7-/t25-,26-,33-/m0/s1. The first kappa shape index (κ1) is 42.6. The molecule has 0 saturated carbocycles. The summed E-state index contributed by atoms with van der Waals surface area (Å²) in [6.45, 7) is 5.95. The normalized spacial score (nSPS) is 20.7. The molecule has 19 nitrogen and oxygen atoms in total. The molecule has 19 heteroatoms. The van der Waals surface area contributed by atoms with Gasteiger partial charge in [-0.1, -0.05) is 27.7 Å². The second-order valence-corrected chi connectivity index (χ2v) is 13.8. The molecule has 304 valence electrons. The molecule has 1 saturated heterocycles. The van der Waals surface area contributed by atoms with Gasteiger partial charge in [0.15, 0.2) is 23.0 Å². The van der Waals surface area contributed by atoms with Crippen molar-refractivity contribution in [1.29, 1.82) is 0 Å². The molecule has 1 fully saturated rings. The summed E-state index contributed by atoms with van der Waals surface area (Å²) in [5.41, 5.74) is -0.822. The van der Waals surface area contributed by atoms with E-state index in [1.165, 1.54) is 31.3 Å². The van der Waals surface area contributed by atoms with Crippen molar-refractivity contribution in [3.63, 3.8) is 0 Å². The zero-order valence-electron chi connectivity index (χ0n) is 32.1. The van der Waals surface area contributed by atoms with Crippen molar-refractivity contribution >= 4 is 35.3 Å². The minimum Gasteiger partial charge on any atom is -0.493 e. The lowest BCUT2D eigenvalue weighted by atomic mass is 10.00. The van der Waals surface area contributed by atoms with Crippen molar-refractivity contribution in [1.82, 2.24) is 15.5 Å². The summed E-state index contributed by atoms with van der Waals surface area (Å²) < 4.78 is 33.2. The number of fused-ring (bicyclic) bond motifs is 2. The summed E-state index contributed by atoms with van der Waals surface area (Å²) in [7, 11) is 2.67. The Kier molecular flexibility index (Phi) is 14.8. The summed E-state index contributed by atoms with van der Waals surface area (Å²) >= 11 is 0. The Morgan fingerprint density at radius 3 is 1.80 bits per heavy atom. The number of hydrogen-bond acceptors (Lipinski definition) is 14. The first-order chi connectivity index (χ1) is 26.6. The first-order valence-corrected chi connectivity index (χ1v) is 18.0. The maximum absolute atomic E-state index is 13.7. The van der Waals surface area contributed by atoms with Crippen LogP contribution in [0.25, 0.3) is 0 Å². The number of carbonyl (C=O) groups excluding carboxylic acids is 4. The molecule has 0 aliphatic carbocycles. The van der Waals surface area contributed by atoms with Crippen LogP contribution in [0.3, 0.4) is 0 Å². The van der Waals surface area contributed by atoms with Crippen LogP contribution in [-0.4, -0.2) is 90.7 Å². The van der Waals surface area contributed by atoms with Gasteiger partial charge in [-0.2, -0.15) is 0 Å². The summed E-state index contributed by atoms with van der Waals surface area (Å²) in [5, 5.41) is 29.5. The summed E-state index contributed by atoms with van der Waals surface area (Å²) in [4.78, 5) is 78.0. The highest BCUT2D eigenvalue weighted by Gasteiger charge is 2.38. The number of carbonyl (C=O) groups is 4. The highest BCUT2D eigenvalue weighted by atomic mass is 16.6. The number of hydrogen-bond donors (Lipinski definition) is 2. The van der Waals surface area contributed by atoms with Gasteiger partial charge in [0.1, 0.15) is 44.6 Å². The molecule has 2 N–H and O–H groups in total. The van der Waals surface area contributed by atoms with Gasteiger partial charge < -0.3 is 39.1 Å². The third-order valence-corrected chi connectivity index (χ3v) is 9.03. The lowest BCUT2D eigenvalue weighted by Gasteiger charge is -2.28. The fourth-order valence-corrected chi connectivity index (χ4v) is 6.15. The average molecular weight is 786 g/mol. The monoisotopic (exact) mass is 785 g/mol. The lowest BCUT2D eigenvalue weighted by Crippen LogP contribution is -2.56. The number of methoxy groups -OCH3 is 2. The van der Waals surface area contributed by atoms with E-state index in [1.807, 2.05) is 13.8 Å². The fraction of sp³-hybridized carbons (Fsp3) is 0.514. The maximum atomic E-state index is 13.7. The molecule has 0 radical (unpaired) electrons. The van der Waals surface area contributed by atoms with Gasteiger partial charge in [0.25, 0.3) is 11.4 Å². The molecule has 4 bridgehead atoms. The Labute approximate surface area is 322 Å². The average Bonchev–Trinajstić information content (AvgIpc) is 3.65. The van der Waals surface area contributed by atoms with Crippen LogP contribution in [0.1, 0.15) is 58.1 Å². The van der Waals surface area contributed by atoms with Crippen LogP contribution >= 0.6 is 0 Å². The number of nitro benzene ring substituents is 2. The van der Waals surface area contributed by atoms with Gasteiger partial charge in [0, 0.05) is 6.54 Å². The predicted octanol–water partition coefficient (Wildman–Crippen LogP) is 4.36. The van der Waals surface area contributed by atoms with E-state index in [4.69, 9.17) is 28.4 Å². The number of esters is 1. The Bertz CT molecular complexity index is 1830. The molecule has 6 rings (SSSR count). The van der Waals surface area contributed by atoms with Gasteiger partial charge in [0.2, 0.25) is 11.8 Å². The molecule has 4 aliphatic heterocycles. The second kappa shape index (κ2) is 19.4. The number of nitro groups is 2. The Hall–Kier alpha value is -6.14. The molecule has 0 spiro atoms. The number of benzene rings is 2. The molecule has 4 aliphatic rings. The smallest absolute Gasteiger partial charge is 0.410 e. The third-order valence-electron chi connectivity index (χ3n) is 9.03. The number of rotatable bonds is 7. The lowest BCUT2D eigenvalue weighted by molar-refractivity contribution is -0.386. The van der Waals surface area contributed by atoms with E-state index >= 15 is 0 Å². The van der Waals surface area contributed by atoms with Crippen molar-refractivity contribution in [2.75, 3.05) is 34.0 Å². The van der Waals surface area contributed by atoms with E-state index in [1.54, 1.807) is 26.0 Å². The molecule has 2 aromatic rings. The van der Waals surface area contributed by atoms with Crippen LogP contribution in [-0.2, 0) is 37.1 Å². The molecular formula is C37H47N5O14. The quantitative estimate of drug-likeness (QED) is 0.172. The van der Waals surface area contributed by atoms with E-state index in [0.717, 1.165) is 12.1 Å².